The van der Waals surface area contributed by atoms with Crippen LogP contribution < -0.4 is 0 Å². The summed E-state index contributed by atoms with van der Waals surface area (Å²) in [7, 11) is 0. The first-order valence-corrected chi connectivity index (χ1v) is 36.9. The monoisotopic (exact) mass is 1410 g/mol. The molecule has 4 heterocycles. The van der Waals surface area contributed by atoms with Crippen LogP contribution in [0.25, 0.3) is 225 Å². The second-order valence-electron chi connectivity index (χ2n) is 28.0. The van der Waals surface area contributed by atoms with Gasteiger partial charge in [-0.05, 0) is 200 Å². The van der Waals surface area contributed by atoms with Crippen LogP contribution >= 0.6 is 0 Å². The van der Waals surface area contributed by atoms with E-state index in [1.165, 1.54) is 10.8 Å². The summed E-state index contributed by atoms with van der Waals surface area (Å²) in [6.07, 6.45) is 0. The predicted molar refractivity (Wildman–Crippen MR) is 463 cm³/mol. The van der Waals surface area contributed by atoms with Gasteiger partial charge >= 0.3 is 0 Å². The number of benzene rings is 19. The third-order valence-corrected chi connectivity index (χ3v) is 22.0. The molecule has 19 aromatic carbocycles. The zero-order valence-electron chi connectivity index (χ0n) is 68.9. The molecule has 0 spiro atoms. The molecule has 4 nitrogen and oxygen atoms in total. The van der Waals surface area contributed by atoms with Gasteiger partial charge in [0.15, 0.2) is 0 Å². The van der Waals surface area contributed by atoms with Crippen LogP contribution in [-0.2, 0) is 0 Å². The van der Waals surface area contributed by atoms with Crippen molar-refractivity contribution >= 4 is 131 Å². The first-order valence-electron chi connectivity index (χ1n) is 41.9. The minimum atomic E-state index is -0.408. The molecule has 0 atom stereocenters. The zero-order chi connectivity index (χ0) is 81.0. The number of furan rings is 3. The van der Waals surface area contributed by atoms with Crippen molar-refractivity contribution < 1.29 is 27.0 Å². The largest absolute Gasteiger partial charge is 0.456 e. The lowest BCUT2D eigenvalue weighted by molar-refractivity contribution is 0.668. The molecule has 0 amide bonds. The summed E-state index contributed by atoms with van der Waals surface area (Å²) in [6, 6.07) is 111. The van der Waals surface area contributed by atoms with E-state index in [0.717, 1.165) is 192 Å². The van der Waals surface area contributed by atoms with Crippen molar-refractivity contribution in [2.45, 2.75) is 0 Å². The molecule has 4 heteroatoms. The predicted octanol–water partition coefficient (Wildman–Crippen LogP) is 30.1. The Hall–Kier alpha value is -14.6. The van der Waals surface area contributed by atoms with Gasteiger partial charge in [0.05, 0.1) is 24.7 Å². The van der Waals surface area contributed by atoms with Crippen molar-refractivity contribution in [2.75, 3.05) is 0 Å². The van der Waals surface area contributed by atoms with Gasteiger partial charge in [-0.25, -0.2) is 0 Å². The molecule has 0 aliphatic heterocycles. The number of fused-ring (bicyclic) bond motifs is 16. The lowest BCUT2D eigenvalue weighted by Crippen LogP contribution is -1.94. The number of para-hydroxylation sites is 5. The summed E-state index contributed by atoms with van der Waals surface area (Å²) in [4.78, 5) is 0. The van der Waals surface area contributed by atoms with Gasteiger partial charge in [0.1, 0.15) is 33.5 Å². The van der Waals surface area contributed by atoms with Crippen LogP contribution in [0.2, 0.25) is 0 Å². The summed E-state index contributed by atoms with van der Waals surface area (Å²) in [5.74, 6) is 0. The number of aromatic nitrogens is 1. The Kier molecular flexibility index (Phi) is 12.4. The molecule has 0 aliphatic rings. The number of hydrogen-bond acceptors (Lipinski definition) is 3. The van der Waals surface area contributed by atoms with Gasteiger partial charge in [-0.15, -0.1) is 0 Å². The standard InChI is InChI=1S/C56H35NO.C50H30O2/c1-3-16-36(17-4-1)53-44-23-7-9-25-46(44)54(47-26-10-8-24-45(47)53)38-19-15-18-37(34-38)41-32-33-52-56(48-27-12-14-29-51(48)58-52)55(41)39-30-31-43-42-22-11-13-28-49(42)57(50(43)35-39)40-20-5-2-6-21-40;1-2-13-31(14-3-1)47-38-18-4-6-20-40(38)48(41-21-7-5-19-39(41)47)33-16-12-15-32(29-33)35-27-28-45-50(42-22-9-11-24-44(42)51-45)49(35)34-25-26-37-36-17-8-10-23-43(36)52-46(37)30-34/h1-35H;1-30H/i1D,3D,4D,16D,17D;1D,2D,3D,13D,14D. The lowest BCUT2D eigenvalue weighted by Gasteiger charge is -2.19. The minimum absolute atomic E-state index is 0.195. The Morgan fingerprint density at radius 3 is 1.00 bits per heavy atom. The molecular weight excluding hydrogens is 1340 g/mol. The highest BCUT2D eigenvalue weighted by Crippen LogP contribution is 2.51. The van der Waals surface area contributed by atoms with Crippen molar-refractivity contribution in [2.24, 2.45) is 0 Å². The molecule has 0 saturated heterocycles. The zero-order valence-corrected chi connectivity index (χ0v) is 58.9. The van der Waals surface area contributed by atoms with Gasteiger partial charge in [0.2, 0.25) is 0 Å². The number of nitrogens with zero attached hydrogens (tertiary/aromatic N) is 1. The highest BCUT2D eigenvalue weighted by Gasteiger charge is 2.25. The van der Waals surface area contributed by atoms with E-state index >= 15 is 0 Å². The van der Waals surface area contributed by atoms with Gasteiger partial charge in [-0.2, -0.15) is 0 Å². The number of hydrogen-bond donors (Lipinski definition) is 0. The molecule has 4 aromatic heterocycles. The van der Waals surface area contributed by atoms with Crippen LogP contribution in [-0.4, -0.2) is 4.57 Å². The van der Waals surface area contributed by atoms with E-state index in [0.29, 0.717) is 11.1 Å². The van der Waals surface area contributed by atoms with Gasteiger partial charge in [0, 0.05) is 59.9 Å². The van der Waals surface area contributed by atoms with Crippen LogP contribution in [0.1, 0.15) is 13.7 Å². The molecule has 0 fully saturated rings. The topological polar surface area (TPSA) is 44.4 Å². The normalized spacial score (nSPS) is 13.1. The molecule has 23 aromatic rings. The molecular formula is C106H65NO3. The Balaban J connectivity index is 0.000000145. The molecule has 0 unspecified atom stereocenters. The quantitative estimate of drug-likeness (QED) is 0.135. The molecule has 23 rings (SSSR count). The number of rotatable bonds is 9. The summed E-state index contributed by atoms with van der Waals surface area (Å²) >= 11 is 0. The second kappa shape index (κ2) is 25.6. The average molecular weight is 1410 g/mol. The Labute approximate surface area is 647 Å². The van der Waals surface area contributed by atoms with E-state index < -0.39 is 12.1 Å². The van der Waals surface area contributed by atoms with Crippen LogP contribution in [0, 0.1) is 0 Å². The second-order valence-corrected chi connectivity index (χ2v) is 28.0. The van der Waals surface area contributed by atoms with Crippen LogP contribution in [0.15, 0.2) is 407 Å². The molecule has 0 saturated carbocycles. The minimum Gasteiger partial charge on any atom is -0.456 e. The molecule has 110 heavy (non-hydrogen) atoms. The van der Waals surface area contributed by atoms with Gasteiger partial charge in [0.25, 0.3) is 0 Å². The molecule has 0 aliphatic carbocycles. The third kappa shape index (κ3) is 10.1. The van der Waals surface area contributed by atoms with Gasteiger partial charge in [-0.3, -0.25) is 0 Å². The first kappa shape index (κ1) is 53.2. The Morgan fingerprint density at radius 1 is 0.191 bits per heavy atom. The van der Waals surface area contributed by atoms with Crippen LogP contribution in [0.3, 0.4) is 0 Å². The Bertz CT molecular complexity index is 8150. The fraction of sp³-hybridized carbons (Fsp3) is 0. The van der Waals surface area contributed by atoms with Crippen molar-refractivity contribution in [3.63, 3.8) is 0 Å². The summed E-state index contributed by atoms with van der Waals surface area (Å²) < 4.78 is 108. The van der Waals surface area contributed by atoms with E-state index in [1.54, 1.807) is 0 Å². The smallest absolute Gasteiger partial charge is 0.136 e. The first-order chi connectivity index (χ1) is 58.7. The highest BCUT2D eigenvalue weighted by molar-refractivity contribution is 6.25. The van der Waals surface area contributed by atoms with E-state index in [-0.39, 0.29) is 59.5 Å². The van der Waals surface area contributed by atoms with Crippen LogP contribution in [0.5, 0.6) is 0 Å². The van der Waals surface area contributed by atoms with Gasteiger partial charge < -0.3 is 17.8 Å². The van der Waals surface area contributed by atoms with Crippen molar-refractivity contribution in [1.29, 1.82) is 0 Å². The van der Waals surface area contributed by atoms with E-state index in [4.69, 9.17) is 27.0 Å². The SMILES string of the molecule is [2H]c1c([2H])c([2H])c(-c2c3ccccc3c(-c3cccc(-c4ccc5oc6ccccc6c5c4-c4ccc5c(c4)oc4ccccc45)c3)c3ccccc23)c([2H])c1[2H].[2H]c1c([2H])c([2H])c(-c2c3ccccc3c(-c3cccc(-c4ccc5oc6ccccc6c5c4-c4ccc5c6ccccc6n(-c6ccccc6)c5c4)c3)c3ccccc23)c([2H])c1[2H]. The fourth-order valence-electron chi connectivity index (χ4n) is 17.4. The molecule has 0 radical (unpaired) electrons. The van der Waals surface area contributed by atoms with Crippen molar-refractivity contribution in [3.8, 4) is 94.7 Å². The van der Waals surface area contributed by atoms with Crippen molar-refractivity contribution in [3.05, 3.63) is 394 Å². The molecule has 512 valence electrons. The van der Waals surface area contributed by atoms with E-state index in [2.05, 4.69) is 211 Å². The summed E-state index contributed by atoms with van der Waals surface area (Å²) in [5.41, 5.74) is 22.3. The maximum atomic E-state index is 9.00. The lowest BCUT2D eigenvalue weighted by atomic mass is 9.84. The maximum absolute atomic E-state index is 9.00. The molecule has 0 N–H and O–H groups in total. The van der Waals surface area contributed by atoms with Gasteiger partial charge in [-0.1, -0.05) is 315 Å². The van der Waals surface area contributed by atoms with Crippen LogP contribution in [0.4, 0.5) is 0 Å². The average Bonchev–Trinajstić information content (AvgIpc) is 1.24. The Morgan fingerprint density at radius 2 is 0.527 bits per heavy atom. The summed E-state index contributed by atoms with van der Waals surface area (Å²) in [5, 5.41) is 15.6. The van der Waals surface area contributed by atoms with E-state index in [1.807, 2.05) is 127 Å². The highest BCUT2D eigenvalue weighted by atomic mass is 16.3. The summed E-state index contributed by atoms with van der Waals surface area (Å²) in [6.45, 7) is 0. The van der Waals surface area contributed by atoms with Crippen molar-refractivity contribution in [1.82, 2.24) is 4.57 Å². The third-order valence-electron chi connectivity index (χ3n) is 22.0. The fourth-order valence-corrected chi connectivity index (χ4v) is 17.4. The maximum Gasteiger partial charge on any atom is 0.136 e. The molecule has 0 bridgehead atoms. The van der Waals surface area contributed by atoms with E-state index in [9.17, 15) is 0 Å².